The normalized spacial score (nSPS) is 19.6. The van der Waals surface area contributed by atoms with Gasteiger partial charge in [-0.2, -0.15) is 0 Å². The zero-order valence-electron chi connectivity index (χ0n) is 14.8. The Morgan fingerprint density at radius 2 is 1.62 bits per heavy atom. The van der Waals surface area contributed by atoms with Crippen molar-refractivity contribution in [1.29, 1.82) is 0 Å². The summed E-state index contributed by atoms with van der Waals surface area (Å²) in [5.41, 5.74) is 3.23. The van der Waals surface area contributed by atoms with E-state index in [0.717, 1.165) is 17.7 Å². The monoisotopic (exact) mass is 342 g/mol. The molecule has 1 aromatic heterocycles. The fraction of sp³-hybridized carbons (Fsp3) is 0.217. The van der Waals surface area contributed by atoms with Gasteiger partial charge in [-0.1, -0.05) is 66.7 Å². The Labute approximate surface area is 154 Å². The second-order valence-electron chi connectivity index (χ2n) is 6.88. The number of rotatable bonds is 5. The highest BCUT2D eigenvalue weighted by molar-refractivity contribution is 5.83. The lowest BCUT2D eigenvalue weighted by Gasteiger charge is -2.28. The quantitative estimate of drug-likeness (QED) is 0.687. The van der Waals surface area contributed by atoms with E-state index in [9.17, 15) is 4.79 Å². The van der Waals surface area contributed by atoms with Crippen molar-refractivity contribution >= 4 is 5.91 Å². The smallest absolute Gasteiger partial charge is 0.226 e. The molecular weight excluding hydrogens is 320 g/mol. The van der Waals surface area contributed by atoms with Gasteiger partial charge in [-0.05, 0) is 35.6 Å². The van der Waals surface area contributed by atoms with Gasteiger partial charge >= 0.3 is 0 Å². The Bertz CT molecular complexity index is 825. The molecule has 2 aromatic carbocycles. The molecular formula is C23H22N2O. The summed E-state index contributed by atoms with van der Waals surface area (Å²) < 4.78 is 0. The first-order valence-electron chi connectivity index (χ1n) is 9.03. The van der Waals surface area contributed by atoms with Crippen LogP contribution in [0, 0.1) is 5.92 Å². The van der Waals surface area contributed by atoms with E-state index in [4.69, 9.17) is 0 Å². The molecule has 1 aliphatic carbocycles. The number of aromatic nitrogens is 1. The highest BCUT2D eigenvalue weighted by Crippen LogP contribution is 2.49. The van der Waals surface area contributed by atoms with Crippen LogP contribution in [0.1, 0.15) is 35.2 Å². The molecule has 26 heavy (non-hydrogen) atoms. The first-order chi connectivity index (χ1) is 12.8. The van der Waals surface area contributed by atoms with Gasteiger partial charge in [0.2, 0.25) is 5.91 Å². The number of hydrogen-bond acceptors (Lipinski definition) is 2. The van der Waals surface area contributed by atoms with Crippen molar-refractivity contribution in [3.63, 3.8) is 0 Å². The van der Waals surface area contributed by atoms with Crippen molar-refractivity contribution in [3.05, 3.63) is 102 Å². The molecule has 1 fully saturated rings. The second-order valence-corrected chi connectivity index (χ2v) is 6.88. The van der Waals surface area contributed by atoms with Crippen LogP contribution in [0.3, 0.4) is 0 Å². The van der Waals surface area contributed by atoms with E-state index < -0.39 is 0 Å². The minimum absolute atomic E-state index is 0.0670. The molecule has 0 spiro atoms. The average Bonchev–Trinajstić information content (AvgIpc) is 3.51. The summed E-state index contributed by atoms with van der Waals surface area (Å²) in [6, 6.07) is 26.2. The van der Waals surface area contributed by atoms with Crippen LogP contribution in [0.25, 0.3) is 0 Å². The zero-order chi connectivity index (χ0) is 17.9. The third-order valence-electron chi connectivity index (χ3n) is 5.15. The fourth-order valence-electron chi connectivity index (χ4n) is 3.69. The van der Waals surface area contributed by atoms with Crippen molar-refractivity contribution in [2.24, 2.45) is 5.92 Å². The SMILES string of the molecule is CN(C(=O)C1CC1c1ccccc1)C(c1ccccc1)c1ccccn1. The minimum atomic E-state index is -0.165. The maximum atomic E-state index is 13.2. The Morgan fingerprint density at radius 1 is 0.962 bits per heavy atom. The van der Waals surface area contributed by atoms with Gasteiger partial charge in [-0.25, -0.2) is 0 Å². The Hall–Kier alpha value is -2.94. The number of nitrogens with zero attached hydrogens (tertiary/aromatic N) is 2. The number of carbonyl (C=O) groups is 1. The van der Waals surface area contributed by atoms with Gasteiger partial charge in [0, 0.05) is 19.2 Å². The van der Waals surface area contributed by atoms with Crippen LogP contribution in [0.4, 0.5) is 0 Å². The van der Waals surface area contributed by atoms with E-state index >= 15 is 0 Å². The Balaban J connectivity index is 1.59. The predicted octanol–water partition coefficient (Wildman–Crippen LogP) is 4.43. The highest BCUT2D eigenvalue weighted by Gasteiger charge is 2.46. The third kappa shape index (κ3) is 3.25. The van der Waals surface area contributed by atoms with Crippen LogP contribution >= 0.6 is 0 Å². The van der Waals surface area contributed by atoms with Crippen LogP contribution in [0.2, 0.25) is 0 Å². The number of benzene rings is 2. The number of amides is 1. The first kappa shape index (κ1) is 16.5. The van der Waals surface area contributed by atoms with Gasteiger partial charge in [0.15, 0.2) is 0 Å². The predicted molar refractivity (Wildman–Crippen MR) is 103 cm³/mol. The summed E-state index contributed by atoms with van der Waals surface area (Å²) in [6.45, 7) is 0. The van der Waals surface area contributed by atoms with E-state index in [1.807, 2.05) is 66.5 Å². The number of carbonyl (C=O) groups excluding carboxylic acids is 1. The van der Waals surface area contributed by atoms with Crippen molar-refractivity contribution in [2.45, 2.75) is 18.4 Å². The molecule has 3 heteroatoms. The summed E-state index contributed by atoms with van der Waals surface area (Å²) in [4.78, 5) is 19.6. The highest BCUT2D eigenvalue weighted by atomic mass is 16.2. The maximum Gasteiger partial charge on any atom is 0.226 e. The Morgan fingerprint density at radius 3 is 2.27 bits per heavy atom. The third-order valence-corrected chi connectivity index (χ3v) is 5.15. The second kappa shape index (κ2) is 7.12. The van der Waals surface area contributed by atoms with E-state index in [-0.39, 0.29) is 17.9 Å². The number of hydrogen-bond donors (Lipinski definition) is 0. The van der Waals surface area contributed by atoms with E-state index in [1.54, 1.807) is 6.20 Å². The molecule has 1 amide bonds. The lowest BCUT2D eigenvalue weighted by atomic mass is 10.0. The summed E-state index contributed by atoms with van der Waals surface area (Å²) in [7, 11) is 1.90. The molecule has 4 rings (SSSR count). The molecule has 0 saturated heterocycles. The summed E-state index contributed by atoms with van der Waals surface area (Å²) in [5.74, 6) is 0.599. The van der Waals surface area contributed by atoms with Crippen LogP contribution in [0.15, 0.2) is 85.1 Å². The zero-order valence-corrected chi connectivity index (χ0v) is 14.8. The summed E-state index contributed by atoms with van der Waals surface area (Å²) in [5, 5.41) is 0. The molecule has 0 aliphatic heterocycles. The molecule has 0 N–H and O–H groups in total. The van der Waals surface area contributed by atoms with Crippen LogP contribution in [-0.4, -0.2) is 22.8 Å². The molecule has 3 aromatic rings. The standard InChI is InChI=1S/C23H22N2O/c1-25(23(26)20-16-19(20)17-10-4-2-5-11-17)22(18-12-6-3-7-13-18)21-14-8-9-15-24-21/h2-15,19-20,22H,16H2,1H3. The van der Waals surface area contributed by atoms with Crippen LogP contribution in [0.5, 0.6) is 0 Å². The van der Waals surface area contributed by atoms with Gasteiger partial charge in [0.25, 0.3) is 0 Å². The summed E-state index contributed by atoms with van der Waals surface area (Å²) in [6.07, 6.45) is 2.71. The molecule has 1 saturated carbocycles. The van der Waals surface area contributed by atoms with Crippen LogP contribution in [-0.2, 0) is 4.79 Å². The summed E-state index contributed by atoms with van der Waals surface area (Å²) >= 11 is 0. The molecule has 0 radical (unpaired) electrons. The average molecular weight is 342 g/mol. The largest absolute Gasteiger partial charge is 0.333 e. The lowest BCUT2D eigenvalue weighted by molar-refractivity contribution is -0.133. The fourth-order valence-corrected chi connectivity index (χ4v) is 3.69. The van der Waals surface area contributed by atoms with Gasteiger partial charge in [0.1, 0.15) is 0 Å². The van der Waals surface area contributed by atoms with Crippen molar-refractivity contribution in [2.75, 3.05) is 7.05 Å². The van der Waals surface area contributed by atoms with Crippen molar-refractivity contribution in [1.82, 2.24) is 9.88 Å². The van der Waals surface area contributed by atoms with Crippen LogP contribution < -0.4 is 0 Å². The van der Waals surface area contributed by atoms with E-state index in [2.05, 4.69) is 29.2 Å². The van der Waals surface area contributed by atoms with Gasteiger partial charge in [-0.3, -0.25) is 9.78 Å². The van der Waals surface area contributed by atoms with Gasteiger partial charge < -0.3 is 4.90 Å². The van der Waals surface area contributed by atoms with Crippen molar-refractivity contribution < 1.29 is 4.79 Å². The van der Waals surface area contributed by atoms with Gasteiger partial charge in [-0.15, -0.1) is 0 Å². The van der Waals surface area contributed by atoms with Gasteiger partial charge in [0.05, 0.1) is 11.7 Å². The lowest BCUT2D eigenvalue weighted by Crippen LogP contribution is -2.33. The number of pyridine rings is 1. The topological polar surface area (TPSA) is 33.2 Å². The maximum absolute atomic E-state index is 13.2. The molecule has 1 heterocycles. The molecule has 3 atom stereocenters. The van der Waals surface area contributed by atoms with E-state index in [0.29, 0.717) is 5.92 Å². The first-order valence-corrected chi connectivity index (χ1v) is 9.03. The Kier molecular flexibility index (Phi) is 4.53. The molecule has 1 aliphatic rings. The molecule has 3 unspecified atom stereocenters. The molecule has 0 bridgehead atoms. The van der Waals surface area contributed by atoms with E-state index in [1.165, 1.54) is 5.56 Å². The minimum Gasteiger partial charge on any atom is -0.333 e. The van der Waals surface area contributed by atoms with Crippen molar-refractivity contribution in [3.8, 4) is 0 Å². The molecule has 3 nitrogen and oxygen atoms in total. The molecule has 130 valence electrons.